The van der Waals surface area contributed by atoms with E-state index in [9.17, 15) is 4.79 Å². The lowest BCUT2D eigenvalue weighted by molar-refractivity contribution is -0.122. The highest BCUT2D eigenvalue weighted by Gasteiger charge is 2.23. The van der Waals surface area contributed by atoms with Gasteiger partial charge in [0.15, 0.2) is 0 Å². The van der Waals surface area contributed by atoms with Crippen LogP contribution in [0, 0.1) is 11.8 Å². The minimum absolute atomic E-state index is 0.0889. The molecule has 0 unspecified atom stereocenters. The molecule has 1 fully saturated rings. The predicted octanol–water partition coefficient (Wildman–Crippen LogP) is 2.47. The van der Waals surface area contributed by atoms with Crippen molar-refractivity contribution in [2.45, 2.75) is 51.9 Å². The van der Waals surface area contributed by atoms with Crippen molar-refractivity contribution >= 4 is 5.91 Å². The normalized spacial score (nSPS) is 28.7. The zero-order valence-corrected chi connectivity index (χ0v) is 8.59. The molecule has 1 aliphatic carbocycles. The zero-order valence-electron chi connectivity index (χ0n) is 8.59. The van der Waals surface area contributed by atoms with Crippen LogP contribution in [-0.4, -0.2) is 5.91 Å². The van der Waals surface area contributed by atoms with Crippen LogP contribution in [0.15, 0.2) is 0 Å². The third kappa shape index (κ3) is 3.37. The number of unbranched alkanes of at least 4 members (excludes halogenated alkanes) is 1. The number of amides is 1. The molecule has 1 amide bonds. The van der Waals surface area contributed by atoms with Crippen molar-refractivity contribution in [3.8, 4) is 0 Å². The smallest absolute Gasteiger partial charge is 0.220 e. The van der Waals surface area contributed by atoms with Gasteiger partial charge in [-0.1, -0.05) is 26.2 Å². The quantitative estimate of drug-likeness (QED) is 0.714. The first-order valence-corrected chi connectivity index (χ1v) is 5.53. The van der Waals surface area contributed by atoms with Gasteiger partial charge in [0.1, 0.15) is 0 Å². The van der Waals surface area contributed by atoms with E-state index < -0.39 is 0 Å². The molecule has 76 valence electrons. The summed E-state index contributed by atoms with van der Waals surface area (Å²) < 4.78 is 0. The van der Waals surface area contributed by atoms with Crippen LogP contribution < -0.4 is 5.73 Å². The van der Waals surface area contributed by atoms with Gasteiger partial charge in [-0.25, -0.2) is 0 Å². The van der Waals surface area contributed by atoms with Crippen LogP contribution in [0.4, 0.5) is 0 Å². The number of rotatable bonds is 4. The van der Waals surface area contributed by atoms with Gasteiger partial charge >= 0.3 is 0 Å². The fourth-order valence-electron chi connectivity index (χ4n) is 2.23. The summed E-state index contributed by atoms with van der Waals surface area (Å²) in [6.45, 7) is 2.23. The van der Waals surface area contributed by atoms with Crippen molar-refractivity contribution in [1.29, 1.82) is 0 Å². The van der Waals surface area contributed by atoms with Crippen molar-refractivity contribution < 1.29 is 4.79 Å². The van der Waals surface area contributed by atoms with Gasteiger partial charge in [0.25, 0.3) is 0 Å². The number of primary amides is 1. The standard InChI is InChI=1S/C11H21NO/c1-2-3-4-9-5-7-10(8-6-9)11(12)13/h9-10H,2-8H2,1H3,(H2,12,13). The molecule has 0 aromatic carbocycles. The van der Waals surface area contributed by atoms with E-state index in [1.54, 1.807) is 0 Å². The van der Waals surface area contributed by atoms with E-state index >= 15 is 0 Å². The van der Waals surface area contributed by atoms with E-state index in [1.807, 2.05) is 0 Å². The lowest BCUT2D eigenvalue weighted by atomic mass is 9.79. The average molecular weight is 183 g/mol. The van der Waals surface area contributed by atoms with Crippen LogP contribution in [0.2, 0.25) is 0 Å². The van der Waals surface area contributed by atoms with E-state index in [0.717, 1.165) is 18.8 Å². The van der Waals surface area contributed by atoms with E-state index in [1.165, 1.54) is 32.1 Å². The minimum atomic E-state index is -0.0889. The van der Waals surface area contributed by atoms with Crippen molar-refractivity contribution in [2.24, 2.45) is 17.6 Å². The molecule has 1 aliphatic rings. The molecule has 2 nitrogen and oxygen atoms in total. The summed E-state index contributed by atoms with van der Waals surface area (Å²) in [7, 11) is 0. The van der Waals surface area contributed by atoms with Crippen LogP contribution in [0.1, 0.15) is 51.9 Å². The van der Waals surface area contributed by atoms with Crippen LogP contribution in [-0.2, 0) is 4.79 Å². The third-order valence-electron chi connectivity index (χ3n) is 3.22. The van der Waals surface area contributed by atoms with Crippen LogP contribution >= 0.6 is 0 Å². The van der Waals surface area contributed by atoms with Gasteiger partial charge in [0, 0.05) is 5.92 Å². The van der Waals surface area contributed by atoms with E-state index in [-0.39, 0.29) is 11.8 Å². The molecular weight excluding hydrogens is 162 g/mol. The van der Waals surface area contributed by atoms with E-state index in [4.69, 9.17) is 5.73 Å². The van der Waals surface area contributed by atoms with Crippen LogP contribution in [0.25, 0.3) is 0 Å². The molecule has 2 N–H and O–H groups in total. The van der Waals surface area contributed by atoms with Gasteiger partial charge in [-0.05, 0) is 31.6 Å². The van der Waals surface area contributed by atoms with Gasteiger partial charge in [-0.2, -0.15) is 0 Å². The monoisotopic (exact) mass is 183 g/mol. The molecule has 0 aromatic rings. The highest BCUT2D eigenvalue weighted by molar-refractivity contribution is 5.76. The first-order valence-electron chi connectivity index (χ1n) is 5.53. The lowest BCUT2D eigenvalue weighted by Crippen LogP contribution is -2.27. The summed E-state index contributed by atoms with van der Waals surface area (Å²) in [4.78, 5) is 10.9. The molecular formula is C11H21NO. The van der Waals surface area contributed by atoms with Crippen molar-refractivity contribution in [3.05, 3.63) is 0 Å². The Morgan fingerprint density at radius 2 is 1.92 bits per heavy atom. The summed E-state index contributed by atoms with van der Waals surface area (Å²) in [5.74, 6) is 0.961. The largest absolute Gasteiger partial charge is 0.369 e. The Morgan fingerprint density at radius 3 is 2.38 bits per heavy atom. The molecule has 0 aliphatic heterocycles. The predicted molar refractivity (Wildman–Crippen MR) is 54.2 cm³/mol. The zero-order chi connectivity index (χ0) is 9.68. The molecule has 0 saturated heterocycles. The minimum Gasteiger partial charge on any atom is -0.369 e. The molecule has 0 atom stereocenters. The van der Waals surface area contributed by atoms with Crippen molar-refractivity contribution in [1.82, 2.24) is 0 Å². The Kier molecular flexibility index (Phi) is 4.26. The summed E-state index contributed by atoms with van der Waals surface area (Å²) in [6, 6.07) is 0. The third-order valence-corrected chi connectivity index (χ3v) is 3.22. The number of hydrogen-bond donors (Lipinski definition) is 1. The molecule has 1 saturated carbocycles. The summed E-state index contributed by atoms with van der Waals surface area (Å²) in [6.07, 6.45) is 8.47. The average Bonchev–Trinajstić information content (AvgIpc) is 2.15. The summed E-state index contributed by atoms with van der Waals surface area (Å²) >= 11 is 0. The second-order valence-corrected chi connectivity index (χ2v) is 4.26. The number of carbonyl (C=O) groups excluding carboxylic acids is 1. The fraction of sp³-hybridized carbons (Fsp3) is 0.909. The Labute approximate surface area is 80.9 Å². The van der Waals surface area contributed by atoms with E-state index in [0.29, 0.717) is 0 Å². The van der Waals surface area contributed by atoms with Crippen LogP contribution in [0.5, 0.6) is 0 Å². The molecule has 0 aromatic heterocycles. The lowest BCUT2D eigenvalue weighted by Gasteiger charge is -2.26. The van der Waals surface area contributed by atoms with Crippen molar-refractivity contribution in [3.63, 3.8) is 0 Å². The SMILES string of the molecule is CCCCC1CCC(C(N)=O)CC1. The maximum Gasteiger partial charge on any atom is 0.220 e. The molecule has 0 bridgehead atoms. The highest BCUT2D eigenvalue weighted by Crippen LogP contribution is 2.31. The molecule has 1 rings (SSSR count). The Bertz CT molecular complexity index is 159. The second-order valence-electron chi connectivity index (χ2n) is 4.26. The number of hydrogen-bond acceptors (Lipinski definition) is 1. The number of carbonyl (C=O) groups is 1. The van der Waals surface area contributed by atoms with Gasteiger partial charge in [0.05, 0.1) is 0 Å². The van der Waals surface area contributed by atoms with Gasteiger partial charge in [-0.3, -0.25) is 4.79 Å². The van der Waals surface area contributed by atoms with Crippen LogP contribution in [0.3, 0.4) is 0 Å². The molecule has 0 heterocycles. The molecule has 2 heteroatoms. The maximum atomic E-state index is 10.9. The highest BCUT2D eigenvalue weighted by atomic mass is 16.1. The topological polar surface area (TPSA) is 43.1 Å². The Morgan fingerprint density at radius 1 is 1.31 bits per heavy atom. The van der Waals surface area contributed by atoms with Gasteiger partial charge in [-0.15, -0.1) is 0 Å². The first kappa shape index (κ1) is 10.6. The molecule has 0 spiro atoms. The summed E-state index contributed by atoms with van der Waals surface area (Å²) in [5.41, 5.74) is 5.27. The Balaban J connectivity index is 2.18. The first-order chi connectivity index (χ1) is 6.24. The van der Waals surface area contributed by atoms with Crippen molar-refractivity contribution in [2.75, 3.05) is 0 Å². The molecule has 13 heavy (non-hydrogen) atoms. The van der Waals surface area contributed by atoms with E-state index in [2.05, 4.69) is 6.92 Å². The Hall–Kier alpha value is -0.530. The molecule has 0 radical (unpaired) electrons. The number of nitrogens with two attached hydrogens (primary N) is 1. The van der Waals surface area contributed by atoms with Gasteiger partial charge < -0.3 is 5.73 Å². The second kappa shape index (κ2) is 5.25. The maximum absolute atomic E-state index is 10.9. The fourth-order valence-corrected chi connectivity index (χ4v) is 2.23. The summed E-state index contributed by atoms with van der Waals surface area (Å²) in [5, 5.41) is 0. The van der Waals surface area contributed by atoms with Gasteiger partial charge in [0.2, 0.25) is 5.91 Å².